The number of nitrogen functional groups attached to an aromatic ring is 1. The van der Waals surface area contributed by atoms with Crippen molar-refractivity contribution in [1.82, 2.24) is 9.97 Å². The third kappa shape index (κ3) is 2.21. The van der Waals surface area contributed by atoms with Crippen molar-refractivity contribution < 1.29 is 0 Å². The van der Waals surface area contributed by atoms with Crippen LogP contribution in [0, 0.1) is 5.41 Å². The van der Waals surface area contributed by atoms with Crippen molar-refractivity contribution in [2.24, 2.45) is 5.41 Å². The number of halogens is 1. The molecule has 4 nitrogen and oxygen atoms in total. The lowest BCUT2D eigenvalue weighted by molar-refractivity contribution is 0.279. The molecule has 2 N–H and O–H groups in total. The van der Waals surface area contributed by atoms with Gasteiger partial charge in [-0.3, -0.25) is 0 Å². The lowest BCUT2D eigenvalue weighted by atomic mass is 9.83. The molecule has 5 heteroatoms. The van der Waals surface area contributed by atoms with Crippen LogP contribution in [0.15, 0.2) is 6.33 Å². The lowest BCUT2D eigenvalue weighted by Crippen LogP contribution is -2.38. The van der Waals surface area contributed by atoms with Crippen LogP contribution in [0.25, 0.3) is 0 Å². The quantitative estimate of drug-likeness (QED) is 0.819. The molecule has 0 aliphatic carbocycles. The Morgan fingerprint density at radius 1 is 1.31 bits per heavy atom. The number of hydrogen-bond acceptors (Lipinski definition) is 4. The van der Waals surface area contributed by atoms with Crippen LogP contribution in [-0.2, 0) is 0 Å². The predicted molar refractivity (Wildman–Crippen MR) is 66.7 cm³/mol. The average Bonchev–Trinajstić information content (AvgIpc) is 2.23. The fourth-order valence-electron chi connectivity index (χ4n) is 1.92. The maximum absolute atomic E-state index is 6.11. The van der Waals surface area contributed by atoms with Gasteiger partial charge in [-0.15, -0.1) is 0 Å². The minimum Gasteiger partial charge on any atom is -0.382 e. The average molecular weight is 241 g/mol. The standard InChI is InChI=1S/C11H17ClN4/c1-11(2)3-5-16(6-4-11)10-8(12)9(13)14-7-15-10/h7H,3-6H2,1-2H3,(H2,13,14,15). The van der Waals surface area contributed by atoms with E-state index in [1.165, 1.54) is 6.33 Å². The van der Waals surface area contributed by atoms with Gasteiger partial charge in [-0.1, -0.05) is 25.4 Å². The van der Waals surface area contributed by atoms with Crippen molar-refractivity contribution in [2.75, 3.05) is 23.7 Å². The molecule has 1 aromatic rings. The third-order valence-corrected chi connectivity index (χ3v) is 3.58. The van der Waals surface area contributed by atoms with E-state index in [1.54, 1.807) is 0 Å². The Labute approximate surface area is 101 Å². The number of aromatic nitrogens is 2. The molecule has 88 valence electrons. The summed E-state index contributed by atoms with van der Waals surface area (Å²) in [5.74, 6) is 1.13. The second kappa shape index (κ2) is 4.09. The van der Waals surface area contributed by atoms with Crippen molar-refractivity contribution in [3.8, 4) is 0 Å². The van der Waals surface area contributed by atoms with Crippen LogP contribution in [0.4, 0.5) is 11.6 Å². The topological polar surface area (TPSA) is 55.0 Å². The molecule has 0 aromatic carbocycles. The molecule has 1 aromatic heterocycles. The maximum Gasteiger partial charge on any atom is 0.153 e. The molecule has 2 rings (SSSR count). The smallest absolute Gasteiger partial charge is 0.153 e. The first-order valence-corrected chi connectivity index (χ1v) is 5.88. The van der Waals surface area contributed by atoms with Gasteiger partial charge in [0.2, 0.25) is 0 Å². The minimum absolute atomic E-state index is 0.358. The maximum atomic E-state index is 6.11. The van der Waals surface area contributed by atoms with Crippen LogP contribution in [0.1, 0.15) is 26.7 Å². The van der Waals surface area contributed by atoms with Gasteiger partial charge in [-0.25, -0.2) is 9.97 Å². The molecular formula is C11H17ClN4. The van der Waals surface area contributed by atoms with Gasteiger partial charge in [0.1, 0.15) is 17.2 Å². The summed E-state index contributed by atoms with van der Waals surface area (Å²) in [5, 5.41) is 0.474. The molecule has 0 radical (unpaired) electrons. The SMILES string of the molecule is CC1(C)CCN(c2ncnc(N)c2Cl)CC1. The minimum atomic E-state index is 0.358. The Morgan fingerprint density at radius 3 is 2.56 bits per heavy atom. The van der Waals surface area contributed by atoms with Crippen molar-refractivity contribution in [3.05, 3.63) is 11.3 Å². The zero-order valence-corrected chi connectivity index (χ0v) is 10.5. The van der Waals surface area contributed by atoms with Crippen LogP contribution >= 0.6 is 11.6 Å². The second-order valence-corrected chi connectivity index (χ2v) is 5.43. The van der Waals surface area contributed by atoms with E-state index in [4.69, 9.17) is 17.3 Å². The van der Waals surface area contributed by atoms with Crippen LogP contribution < -0.4 is 10.6 Å². The van der Waals surface area contributed by atoms with Gasteiger partial charge in [-0.05, 0) is 18.3 Å². The van der Waals surface area contributed by atoms with Gasteiger partial charge in [0.25, 0.3) is 0 Å². The molecule has 0 unspecified atom stereocenters. The number of piperidine rings is 1. The normalized spacial score (nSPS) is 19.8. The molecule has 0 amide bonds. The Bertz CT molecular complexity index is 382. The Kier molecular flexibility index (Phi) is 2.93. The molecule has 1 aliphatic rings. The monoisotopic (exact) mass is 240 g/mol. The number of hydrogen-bond donors (Lipinski definition) is 1. The number of anilines is 2. The summed E-state index contributed by atoms with van der Waals surface area (Å²) < 4.78 is 0. The third-order valence-electron chi connectivity index (χ3n) is 3.21. The molecule has 1 aliphatic heterocycles. The lowest BCUT2D eigenvalue weighted by Gasteiger charge is -2.37. The largest absolute Gasteiger partial charge is 0.382 e. The summed E-state index contributed by atoms with van der Waals surface area (Å²) in [4.78, 5) is 10.3. The first-order chi connectivity index (χ1) is 7.49. The Morgan fingerprint density at radius 2 is 1.94 bits per heavy atom. The van der Waals surface area contributed by atoms with Gasteiger partial charge in [0.05, 0.1) is 0 Å². The molecule has 0 spiro atoms. The van der Waals surface area contributed by atoms with E-state index in [2.05, 4.69) is 28.7 Å². The van der Waals surface area contributed by atoms with Crippen LogP contribution in [-0.4, -0.2) is 23.1 Å². The number of nitrogens with two attached hydrogens (primary N) is 1. The Hall–Kier alpha value is -1.03. The summed E-state index contributed by atoms with van der Waals surface area (Å²) in [6.07, 6.45) is 3.76. The highest BCUT2D eigenvalue weighted by atomic mass is 35.5. The fraction of sp³-hybridized carbons (Fsp3) is 0.636. The summed E-state index contributed by atoms with van der Waals surface area (Å²) in [6.45, 7) is 6.53. The highest BCUT2D eigenvalue weighted by molar-refractivity contribution is 6.35. The van der Waals surface area contributed by atoms with Gasteiger partial charge in [-0.2, -0.15) is 0 Å². The highest BCUT2D eigenvalue weighted by Gasteiger charge is 2.27. The fourth-order valence-corrected chi connectivity index (χ4v) is 2.14. The molecule has 0 bridgehead atoms. The van der Waals surface area contributed by atoms with E-state index >= 15 is 0 Å². The van der Waals surface area contributed by atoms with Crippen LogP contribution in [0.3, 0.4) is 0 Å². The van der Waals surface area contributed by atoms with E-state index in [-0.39, 0.29) is 0 Å². The molecule has 16 heavy (non-hydrogen) atoms. The van der Waals surface area contributed by atoms with E-state index in [1.807, 2.05) is 0 Å². The van der Waals surface area contributed by atoms with Crippen molar-refractivity contribution in [1.29, 1.82) is 0 Å². The summed E-state index contributed by atoms with van der Waals surface area (Å²) in [6, 6.07) is 0. The zero-order valence-electron chi connectivity index (χ0n) is 9.70. The number of nitrogens with zero attached hydrogens (tertiary/aromatic N) is 3. The van der Waals surface area contributed by atoms with E-state index in [0.717, 1.165) is 31.7 Å². The Balaban J connectivity index is 2.17. The molecule has 2 heterocycles. The molecule has 1 fully saturated rings. The summed E-state index contributed by atoms with van der Waals surface area (Å²) in [5.41, 5.74) is 6.09. The summed E-state index contributed by atoms with van der Waals surface area (Å²) >= 11 is 6.11. The first-order valence-electron chi connectivity index (χ1n) is 5.50. The highest BCUT2D eigenvalue weighted by Crippen LogP contribution is 2.34. The second-order valence-electron chi connectivity index (χ2n) is 5.05. The van der Waals surface area contributed by atoms with Gasteiger partial charge >= 0.3 is 0 Å². The molecule has 1 saturated heterocycles. The van der Waals surface area contributed by atoms with Crippen molar-refractivity contribution in [2.45, 2.75) is 26.7 Å². The van der Waals surface area contributed by atoms with E-state index in [9.17, 15) is 0 Å². The van der Waals surface area contributed by atoms with Crippen molar-refractivity contribution in [3.63, 3.8) is 0 Å². The van der Waals surface area contributed by atoms with E-state index < -0.39 is 0 Å². The van der Waals surface area contributed by atoms with E-state index in [0.29, 0.717) is 16.3 Å². The molecule has 0 atom stereocenters. The van der Waals surface area contributed by atoms with Gasteiger partial charge < -0.3 is 10.6 Å². The van der Waals surface area contributed by atoms with Crippen molar-refractivity contribution >= 4 is 23.2 Å². The zero-order chi connectivity index (χ0) is 11.8. The first kappa shape index (κ1) is 11.5. The van der Waals surface area contributed by atoms with Gasteiger partial charge in [0, 0.05) is 13.1 Å². The molecule has 0 saturated carbocycles. The van der Waals surface area contributed by atoms with Crippen LogP contribution in [0.2, 0.25) is 5.02 Å². The summed E-state index contributed by atoms with van der Waals surface area (Å²) in [7, 11) is 0. The molecular weight excluding hydrogens is 224 g/mol. The van der Waals surface area contributed by atoms with Crippen LogP contribution in [0.5, 0.6) is 0 Å². The predicted octanol–water partition coefficient (Wildman–Crippen LogP) is 2.34. The van der Waals surface area contributed by atoms with Gasteiger partial charge in [0.15, 0.2) is 5.82 Å². The number of rotatable bonds is 1.